The molecule has 1 aliphatic rings. The van der Waals surface area contributed by atoms with E-state index in [-0.39, 0.29) is 11.8 Å². The Balaban J connectivity index is 1.44. The number of H-pyrrole nitrogens is 1. The number of piperidine rings is 1. The minimum absolute atomic E-state index is 0.0985. The first-order valence-electron chi connectivity index (χ1n) is 8.37. The highest BCUT2D eigenvalue weighted by Gasteiger charge is 2.25. The molecule has 5 nitrogen and oxygen atoms in total. The molecule has 1 saturated heterocycles. The molecule has 0 atom stereocenters. The molecular weight excluding hydrogens is 324 g/mol. The predicted octanol–water partition coefficient (Wildman–Crippen LogP) is 2.90. The van der Waals surface area contributed by atoms with Gasteiger partial charge in [0, 0.05) is 19.0 Å². The van der Waals surface area contributed by atoms with Gasteiger partial charge in [0.05, 0.1) is 16.4 Å². The van der Waals surface area contributed by atoms with Crippen LogP contribution in [-0.4, -0.2) is 34.1 Å². The van der Waals surface area contributed by atoms with E-state index in [0.717, 1.165) is 54.4 Å². The summed E-state index contributed by atoms with van der Waals surface area (Å²) in [6, 6.07) is 10.0. The average molecular weight is 347 g/mol. The second-order valence-electron chi connectivity index (χ2n) is 6.36. The second-order valence-corrected chi connectivity index (χ2v) is 6.74. The van der Waals surface area contributed by atoms with E-state index in [4.69, 9.17) is 11.6 Å². The molecule has 2 heterocycles. The van der Waals surface area contributed by atoms with Crippen LogP contribution in [0.3, 0.4) is 0 Å². The van der Waals surface area contributed by atoms with Gasteiger partial charge in [0.2, 0.25) is 5.91 Å². The van der Waals surface area contributed by atoms with Gasteiger partial charge in [-0.1, -0.05) is 41.9 Å². The number of rotatable bonds is 5. The monoisotopic (exact) mass is 346 g/mol. The highest BCUT2D eigenvalue weighted by molar-refractivity contribution is 6.31. The quantitative estimate of drug-likeness (QED) is 0.875. The fourth-order valence-corrected chi connectivity index (χ4v) is 3.21. The molecule has 1 aliphatic heterocycles. The maximum atomic E-state index is 12.3. The molecule has 0 bridgehead atoms. The molecule has 1 aromatic carbocycles. The molecule has 0 aliphatic carbocycles. The predicted molar refractivity (Wildman–Crippen MR) is 94.6 cm³/mol. The third-order valence-corrected chi connectivity index (χ3v) is 5.08. The van der Waals surface area contributed by atoms with Crippen molar-refractivity contribution >= 4 is 17.5 Å². The number of hydrogen-bond donors (Lipinski definition) is 2. The first-order chi connectivity index (χ1) is 11.6. The zero-order valence-corrected chi connectivity index (χ0v) is 14.6. The van der Waals surface area contributed by atoms with Gasteiger partial charge in [0.15, 0.2) is 0 Å². The lowest BCUT2D eigenvalue weighted by Crippen LogP contribution is -2.40. The van der Waals surface area contributed by atoms with Crippen LogP contribution < -0.4 is 5.32 Å². The Kier molecular flexibility index (Phi) is 5.53. The maximum absolute atomic E-state index is 12.3. The van der Waals surface area contributed by atoms with Crippen LogP contribution in [0, 0.1) is 12.8 Å². The lowest BCUT2D eigenvalue weighted by Gasteiger charge is -2.30. The van der Waals surface area contributed by atoms with Crippen LogP contribution in [-0.2, 0) is 17.9 Å². The van der Waals surface area contributed by atoms with Gasteiger partial charge >= 0.3 is 0 Å². The third kappa shape index (κ3) is 4.16. The number of likely N-dealkylation sites (tertiary alicyclic amines) is 1. The average Bonchev–Trinajstić information content (AvgIpc) is 2.93. The topological polar surface area (TPSA) is 61.0 Å². The van der Waals surface area contributed by atoms with E-state index in [1.54, 1.807) is 0 Å². The summed E-state index contributed by atoms with van der Waals surface area (Å²) in [5.74, 6) is 0.258. The summed E-state index contributed by atoms with van der Waals surface area (Å²) < 4.78 is 0. The maximum Gasteiger partial charge on any atom is 0.223 e. The third-order valence-electron chi connectivity index (χ3n) is 4.58. The number of nitrogens with zero attached hydrogens (tertiary/aromatic N) is 2. The first kappa shape index (κ1) is 17.0. The second kappa shape index (κ2) is 7.81. The first-order valence-corrected chi connectivity index (χ1v) is 8.74. The van der Waals surface area contributed by atoms with Crippen molar-refractivity contribution in [2.24, 2.45) is 5.92 Å². The normalized spacial score (nSPS) is 16.2. The van der Waals surface area contributed by atoms with Crippen LogP contribution in [0.25, 0.3) is 0 Å². The van der Waals surface area contributed by atoms with Crippen LogP contribution in [0.2, 0.25) is 5.02 Å². The number of benzene rings is 1. The number of carbonyl (C=O) groups is 1. The molecule has 0 saturated carbocycles. The largest absolute Gasteiger partial charge is 0.352 e. The number of aromatic nitrogens is 2. The van der Waals surface area contributed by atoms with E-state index in [1.165, 1.54) is 0 Å². The summed E-state index contributed by atoms with van der Waals surface area (Å²) in [5, 5.41) is 10.9. The molecule has 0 unspecified atom stereocenters. The molecule has 24 heavy (non-hydrogen) atoms. The van der Waals surface area contributed by atoms with Crippen molar-refractivity contribution < 1.29 is 4.79 Å². The highest BCUT2D eigenvalue weighted by atomic mass is 35.5. The van der Waals surface area contributed by atoms with Gasteiger partial charge in [-0.15, -0.1) is 0 Å². The molecule has 1 fully saturated rings. The van der Waals surface area contributed by atoms with Crippen LogP contribution in [0.5, 0.6) is 0 Å². The van der Waals surface area contributed by atoms with E-state index in [9.17, 15) is 4.79 Å². The summed E-state index contributed by atoms with van der Waals surface area (Å²) in [4.78, 5) is 14.6. The summed E-state index contributed by atoms with van der Waals surface area (Å²) in [6.45, 7) is 5.04. The van der Waals surface area contributed by atoms with Gasteiger partial charge in [-0.05, 0) is 38.4 Å². The fraction of sp³-hybridized carbons (Fsp3) is 0.444. The van der Waals surface area contributed by atoms with Crippen LogP contribution >= 0.6 is 11.6 Å². The number of amides is 1. The molecule has 2 N–H and O–H groups in total. The number of aromatic amines is 1. The molecule has 1 aromatic heterocycles. The number of aryl methyl sites for hydroxylation is 1. The summed E-state index contributed by atoms with van der Waals surface area (Å²) in [5.41, 5.74) is 2.93. The molecule has 0 spiro atoms. The molecule has 3 rings (SSSR count). The van der Waals surface area contributed by atoms with Crippen molar-refractivity contribution in [3.63, 3.8) is 0 Å². The minimum atomic E-state index is 0.0985. The van der Waals surface area contributed by atoms with E-state index < -0.39 is 0 Å². The lowest BCUT2D eigenvalue weighted by atomic mass is 9.95. The van der Waals surface area contributed by atoms with Crippen LogP contribution in [0.15, 0.2) is 30.3 Å². The van der Waals surface area contributed by atoms with E-state index in [0.29, 0.717) is 6.54 Å². The van der Waals surface area contributed by atoms with Gasteiger partial charge in [-0.25, -0.2) is 0 Å². The van der Waals surface area contributed by atoms with Gasteiger partial charge < -0.3 is 5.32 Å². The Labute approximate surface area is 147 Å². The minimum Gasteiger partial charge on any atom is -0.352 e. The Hall–Kier alpha value is -1.85. The number of carbonyl (C=O) groups excluding carboxylic acids is 1. The molecule has 6 heteroatoms. The number of nitrogens with one attached hydrogen (secondary N) is 2. The molecule has 0 radical (unpaired) electrons. The Morgan fingerprint density at radius 3 is 2.67 bits per heavy atom. The Morgan fingerprint density at radius 2 is 2.04 bits per heavy atom. The molecule has 128 valence electrons. The summed E-state index contributed by atoms with van der Waals surface area (Å²) >= 11 is 6.22. The molecular formula is C18H23ClN4O. The van der Waals surface area contributed by atoms with E-state index in [2.05, 4.69) is 20.4 Å². The highest BCUT2D eigenvalue weighted by Crippen LogP contribution is 2.23. The van der Waals surface area contributed by atoms with Crippen molar-refractivity contribution in [1.29, 1.82) is 0 Å². The van der Waals surface area contributed by atoms with Crippen molar-refractivity contribution in [3.05, 3.63) is 52.3 Å². The van der Waals surface area contributed by atoms with Gasteiger partial charge in [0.1, 0.15) is 0 Å². The zero-order valence-electron chi connectivity index (χ0n) is 13.9. The van der Waals surface area contributed by atoms with Crippen molar-refractivity contribution in [2.75, 3.05) is 13.1 Å². The standard InChI is InChI=1S/C18H23ClN4O/c1-13-17(19)16(22-21-13)12-23-9-7-15(8-10-23)18(24)20-11-14-5-3-2-4-6-14/h2-6,15H,7-12H2,1H3,(H,20,24)(H,21,22). The van der Waals surface area contributed by atoms with Crippen molar-refractivity contribution in [3.8, 4) is 0 Å². The smallest absolute Gasteiger partial charge is 0.223 e. The van der Waals surface area contributed by atoms with Gasteiger partial charge in [-0.3, -0.25) is 14.8 Å². The number of halogens is 1. The summed E-state index contributed by atoms with van der Waals surface area (Å²) in [7, 11) is 0. The van der Waals surface area contributed by atoms with E-state index >= 15 is 0 Å². The number of hydrogen-bond acceptors (Lipinski definition) is 3. The van der Waals surface area contributed by atoms with Crippen molar-refractivity contribution in [2.45, 2.75) is 32.9 Å². The molecule has 1 amide bonds. The Bertz CT molecular complexity index is 678. The SMILES string of the molecule is Cc1[nH]nc(CN2CCC(C(=O)NCc3ccccc3)CC2)c1Cl. The molecule has 2 aromatic rings. The van der Waals surface area contributed by atoms with Crippen molar-refractivity contribution in [1.82, 2.24) is 20.4 Å². The lowest BCUT2D eigenvalue weighted by molar-refractivity contribution is -0.126. The zero-order chi connectivity index (χ0) is 16.9. The van der Waals surface area contributed by atoms with E-state index in [1.807, 2.05) is 37.3 Å². The van der Waals surface area contributed by atoms with Gasteiger partial charge in [0.25, 0.3) is 0 Å². The Morgan fingerprint density at radius 1 is 1.33 bits per heavy atom. The van der Waals surface area contributed by atoms with Crippen LogP contribution in [0.4, 0.5) is 0 Å². The fourth-order valence-electron chi connectivity index (χ4n) is 3.07. The van der Waals surface area contributed by atoms with Crippen LogP contribution in [0.1, 0.15) is 29.8 Å². The van der Waals surface area contributed by atoms with Gasteiger partial charge in [-0.2, -0.15) is 5.10 Å². The summed E-state index contributed by atoms with van der Waals surface area (Å²) in [6.07, 6.45) is 1.75.